The van der Waals surface area contributed by atoms with E-state index in [-0.39, 0.29) is 12.7 Å². The van der Waals surface area contributed by atoms with Gasteiger partial charge >= 0.3 is 0 Å². The highest BCUT2D eigenvalue weighted by atomic mass is 16.7. The lowest BCUT2D eigenvalue weighted by Gasteiger charge is -2.07. The lowest BCUT2D eigenvalue weighted by atomic mass is 10.1. The van der Waals surface area contributed by atoms with Crippen LogP contribution in [0.2, 0.25) is 0 Å². The second-order valence-corrected chi connectivity index (χ2v) is 6.11. The lowest BCUT2D eigenvalue weighted by Crippen LogP contribution is -2.25. The Morgan fingerprint density at radius 3 is 2.69 bits per heavy atom. The van der Waals surface area contributed by atoms with Gasteiger partial charge in [-0.2, -0.15) is 5.10 Å². The summed E-state index contributed by atoms with van der Waals surface area (Å²) in [7, 11) is 1.93. The smallest absolute Gasteiger partial charge is 0.251 e. The molecule has 132 valence electrons. The van der Waals surface area contributed by atoms with Crippen molar-refractivity contribution in [3.63, 3.8) is 0 Å². The molecule has 0 saturated carbocycles. The van der Waals surface area contributed by atoms with Crippen LogP contribution in [0, 0.1) is 0 Å². The molecule has 2 heterocycles. The zero-order chi connectivity index (χ0) is 17.9. The zero-order valence-corrected chi connectivity index (χ0v) is 14.4. The summed E-state index contributed by atoms with van der Waals surface area (Å²) >= 11 is 0. The fourth-order valence-electron chi connectivity index (χ4n) is 2.96. The van der Waals surface area contributed by atoms with Crippen molar-refractivity contribution >= 4 is 5.91 Å². The fraction of sp³-hybridized carbons (Fsp3) is 0.200. The molecule has 3 aromatic rings. The number of ether oxygens (including phenoxy) is 2. The summed E-state index contributed by atoms with van der Waals surface area (Å²) in [6.45, 7) is 0.771. The summed E-state index contributed by atoms with van der Waals surface area (Å²) in [4.78, 5) is 12.3. The first-order valence-electron chi connectivity index (χ1n) is 8.46. The molecule has 1 aromatic heterocycles. The minimum Gasteiger partial charge on any atom is -0.454 e. The number of fused-ring (bicyclic) bond motifs is 1. The second kappa shape index (κ2) is 6.92. The van der Waals surface area contributed by atoms with Crippen molar-refractivity contribution in [2.45, 2.75) is 6.42 Å². The molecule has 1 N–H and O–H groups in total. The molecule has 26 heavy (non-hydrogen) atoms. The summed E-state index contributed by atoms with van der Waals surface area (Å²) in [5, 5.41) is 7.13. The summed E-state index contributed by atoms with van der Waals surface area (Å²) in [6, 6.07) is 15.5. The first-order chi connectivity index (χ1) is 12.7. The molecule has 1 amide bonds. The molecule has 0 radical (unpaired) electrons. The van der Waals surface area contributed by atoms with Crippen LogP contribution in [0.25, 0.3) is 11.3 Å². The molecular weight excluding hydrogens is 330 g/mol. The largest absolute Gasteiger partial charge is 0.454 e. The van der Waals surface area contributed by atoms with Crippen LogP contribution in [0.5, 0.6) is 11.5 Å². The minimum absolute atomic E-state index is 0.116. The van der Waals surface area contributed by atoms with Gasteiger partial charge in [0.25, 0.3) is 5.91 Å². The van der Waals surface area contributed by atoms with Crippen LogP contribution in [0.15, 0.2) is 54.7 Å². The number of hydrogen-bond acceptors (Lipinski definition) is 4. The third-order valence-electron chi connectivity index (χ3n) is 4.40. The molecule has 6 nitrogen and oxygen atoms in total. The Morgan fingerprint density at radius 2 is 1.92 bits per heavy atom. The highest BCUT2D eigenvalue weighted by Crippen LogP contribution is 2.32. The zero-order valence-electron chi connectivity index (χ0n) is 14.4. The van der Waals surface area contributed by atoms with Gasteiger partial charge < -0.3 is 14.8 Å². The van der Waals surface area contributed by atoms with Gasteiger partial charge in [0.05, 0.1) is 5.69 Å². The van der Waals surface area contributed by atoms with Crippen molar-refractivity contribution in [3.8, 4) is 22.8 Å². The first kappa shape index (κ1) is 16.2. The maximum atomic E-state index is 12.3. The van der Waals surface area contributed by atoms with Gasteiger partial charge in [0.2, 0.25) is 6.79 Å². The number of amides is 1. The molecule has 6 heteroatoms. The fourth-order valence-corrected chi connectivity index (χ4v) is 2.96. The van der Waals surface area contributed by atoms with E-state index in [2.05, 4.69) is 34.7 Å². The van der Waals surface area contributed by atoms with Crippen molar-refractivity contribution in [2.75, 3.05) is 13.3 Å². The Labute approximate surface area is 151 Å². The van der Waals surface area contributed by atoms with Crippen molar-refractivity contribution < 1.29 is 14.3 Å². The normalized spacial score (nSPS) is 12.2. The predicted octanol–water partition coefficient (Wildman–Crippen LogP) is 2.79. The maximum absolute atomic E-state index is 12.3. The molecule has 0 aliphatic carbocycles. The van der Waals surface area contributed by atoms with Crippen LogP contribution in [0.1, 0.15) is 15.9 Å². The highest BCUT2D eigenvalue weighted by molar-refractivity contribution is 5.94. The molecule has 2 aromatic carbocycles. The molecule has 4 rings (SSSR count). The van der Waals surface area contributed by atoms with Crippen LogP contribution in [0.3, 0.4) is 0 Å². The summed E-state index contributed by atoms with van der Waals surface area (Å²) < 4.78 is 12.4. The van der Waals surface area contributed by atoms with E-state index in [4.69, 9.17) is 9.47 Å². The van der Waals surface area contributed by atoms with E-state index >= 15 is 0 Å². The van der Waals surface area contributed by atoms with Crippen LogP contribution >= 0.6 is 0 Å². The van der Waals surface area contributed by atoms with Gasteiger partial charge in [-0.1, -0.05) is 24.3 Å². The van der Waals surface area contributed by atoms with Gasteiger partial charge in [0, 0.05) is 25.4 Å². The number of aromatic nitrogens is 2. The summed E-state index contributed by atoms with van der Waals surface area (Å²) in [6.07, 6.45) is 2.55. The van der Waals surface area contributed by atoms with Crippen molar-refractivity contribution in [3.05, 3.63) is 65.9 Å². The Morgan fingerprint density at radius 1 is 1.12 bits per heavy atom. The van der Waals surface area contributed by atoms with Gasteiger partial charge in [-0.15, -0.1) is 0 Å². The molecule has 0 saturated heterocycles. The topological polar surface area (TPSA) is 65.4 Å². The number of carbonyl (C=O) groups excluding carboxylic acids is 1. The van der Waals surface area contributed by atoms with Gasteiger partial charge in [0.1, 0.15) is 0 Å². The molecule has 0 atom stereocenters. The van der Waals surface area contributed by atoms with Crippen LogP contribution in [0.4, 0.5) is 0 Å². The third-order valence-corrected chi connectivity index (χ3v) is 4.40. The predicted molar refractivity (Wildman–Crippen MR) is 97.2 cm³/mol. The van der Waals surface area contributed by atoms with Gasteiger partial charge in [-0.3, -0.25) is 9.48 Å². The van der Waals surface area contributed by atoms with E-state index < -0.39 is 0 Å². The van der Waals surface area contributed by atoms with Crippen LogP contribution < -0.4 is 14.8 Å². The number of benzene rings is 2. The maximum Gasteiger partial charge on any atom is 0.251 e. The number of hydrogen-bond donors (Lipinski definition) is 1. The van der Waals surface area contributed by atoms with E-state index in [0.29, 0.717) is 23.6 Å². The average molecular weight is 349 g/mol. The Bertz CT molecular complexity index is 932. The van der Waals surface area contributed by atoms with E-state index in [0.717, 1.165) is 17.7 Å². The average Bonchev–Trinajstić information content (AvgIpc) is 3.30. The number of carbonyl (C=O) groups is 1. The monoisotopic (exact) mass is 349 g/mol. The molecule has 1 aliphatic rings. The second-order valence-electron chi connectivity index (χ2n) is 6.11. The molecular formula is C20H19N3O3. The number of nitrogens with zero attached hydrogens (tertiary/aromatic N) is 2. The van der Waals surface area contributed by atoms with Crippen LogP contribution in [-0.4, -0.2) is 29.0 Å². The molecule has 0 spiro atoms. The van der Waals surface area contributed by atoms with E-state index in [1.165, 1.54) is 5.56 Å². The summed E-state index contributed by atoms with van der Waals surface area (Å²) in [5.74, 6) is 1.17. The Balaban J connectivity index is 1.33. The SMILES string of the molecule is Cn1nccc1-c1ccc(CCNC(=O)c2ccc3c(c2)OCO3)cc1. The third kappa shape index (κ3) is 3.26. The van der Waals surface area contributed by atoms with Crippen LogP contribution in [-0.2, 0) is 13.5 Å². The van der Waals surface area contributed by atoms with E-state index in [9.17, 15) is 4.79 Å². The van der Waals surface area contributed by atoms with E-state index in [1.807, 2.05) is 17.8 Å². The Hall–Kier alpha value is -3.28. The Kier molecular flexibility index (Phi) is 4.31. The van der Waals surface area contributed by atoms with Gasteiger partial charge in [0.15, 0.2) is 11.5 Å². The van der Waals surface area contributed by atoms with Crippen molar-refractivity contribution in [1.29, 1.82) is 0 Å². The molecule has 0 bridgehead atoms. The molecule has 1 aliphatic heterocycles. The lowest BCUT2D eigenvalue weighted by molar-refractivity contribution is 0.0953. The van der Waals surface area contributed by atoms with Crippen molar-refractivity contribution in [1.82, 2.24) is 15.1 Å². The highest BCUT2D eigenvalue weighted by Gasteiger charge is 2.15. The first-order valence-corrected chi connectivity index (χ1v) is 8.46. The quantitative estimate of drug-likeness (QED) is 0.769. The van der Waals surface area contributed by atoms with Crippen molar-refractivity contribution in [2.24, 2.45) is 7.05 Å². The number of rotatable bonds is 5. The van der Waals surface area contributed by atoms with Gasteiger partial charge in [-0.25, -0.2) is 0 Å². The van der Waals surface area contributed by atoms with Gasteiger partial charge in [-0.05, 0) is 41.8 Å². The summed E-state index contributed by atoms with van der Waals surface area (Å²) in [5.41, 5.74) is 3.94. The number of aryl methyl sites for hydroxylation is 1. The molecule has 0 fully saturated rings. The van der Waals surface area contributed by atoms with E-state index in [1.54, 1.807) is 24.4 Å². The minimum atomic E-state index is -0.116. The standard InChI is InChI=1S/C20H19N3O3/c1-23-17(9-11-22-23)15-4-2-14(3-5-15)8-10-21-20(24)16-6-7-18-19(12-16)26-13-25-18/h2-7,9,11-12H,8,10,13H2,1H3,(H,21,24). The number of nitrogens with one attached hydrogen (secondary N) is 1. The molecule has 0 unspecified atom stereocenters.